The molecule has 0 bridgehead atoms. The number of aliphatic hydroxyl groups excluding tert-OH is 1. The lowest BCUT2D eigenvalue weighted by Crippen LogP contribution is -2.34. The van der Waals surface area contributed by atoms with E-state index in [4.69, 9.17) is 0 Å². The van der Waals surface area contributed by atoms with Crippen molar-refractivity contribution in [2.24, 2.45) is 0 Å². The standard InChI is InChI=1S/C15H17F4NO3/c1-9(20-13(22)8-12(21)14(16)5-6-14)10-3-2-4-11(7-10)23-15(17,18)19/h2-4,7,9,12,21H,5-6,8H2,1H3,(H,20,22). The maximum Gasteiger partial charge on any atom is 0.573 e. The predicted molar refractivity (Wildman–Crippen MR) is 73.4 cm³/mol. The number of ether oxygens (including phenoxy) is 1. The van der Waals surface area contributed by atoms with E-state index in [0.29, 0.717) is 5.56 Å². The summed E-state index contributed by atoms with van der Waals surface area (Å²) < 4.78 is 54.0. The van der Waals surface area contributed by atoms with Crippen molar-refractivity contribution in [3.63, 3.8) is 0 Å². The van der Waals surface area contributed by atoms with Gasteiger partial charge >= 0.3 is 6.36 Å². The SMILES string of the molecule is CC(NC(=O)CC(O)C1(F)CC1)c1cccc(OC(F)(F)F)c1. The number of halogens is 4. The molecule has 0 aliphatic heterocycles. The fourth-order valence-corrected chi connectivity index (χ4v) is 2.18. The first-order valence-electron chi connectivity index (χ1n) is 7.11. The van der Waals surface area contributed by atoms with Crippen LogP contribution in [0, 0.1) is 0 Å². The molecule has 128 valence electrons. The normalized spacial score (nSPS) is 18.9. The van der Waals surface area contributed by atoms with Gasteiger partial charge in [-0.1, -0.05) is 12.1 Å². The molecule has 2 N–H and O–H groups in total. The van der Waals surface area contributed by atoms with Gasteiger partial charge in [-0.25, -0.2) is 4.39 Å². The fourth-order valence-electron chi connectivity index (χ4n) is 2.18. The van der Waals surface area contributed by atoms with E-state index < -0.39 is 35.8 Å². The number of alkyl halides is 4. The highest BCUT2D eigenvalue weighted by molar-refractivity contribution is 5.77. The third-order valence-electron chi connectivity index (χ3n) is 3.67. The van der Waals surface area contributed by atoms with Crippen molar-refractivity contribution in [1.29, 1.82) is 0 Å². The number of nitrogens with one attached hydrogen (secondary N) is 1. The predicted octanol–water partition coefficient (Wildman–Crippen LogP) is 3.02. The maximum absolute atomic E-state index is 13.6. The Labute approximate surface area is 130 Å². The molecule has 1 fully saturated rings. The van der Waals surface area contributed by atoms with Gasteiger partial charge in [-0.2, -0.15) is 0 Å². The van der Waals surface area contributed by atoms with E-state index in [9.17, 15) is 27.5 Å². The second-order valence-corrected chi connectivity index (χ2v) is 5.66. The number of hydrogen-bond donors (Lipinski definition) is 2. The summed E-state index contributed by atoms with van der Waals surface area (Å²) in [4.78, 5) is 11.8. The zero-order chi connectivity index (χ0) is 17.3. The van der Waals surface area contributed by atoms with Crippen LogP contribution in [-0.4, -0.2) is 29.1 Å². The van der Waals surface area contributed by atoms with Gasteiger partial charge in [0.25, 0.3) is 0 Å². The molecule has 0 saturated heterocycles. The van der Waals surface area contributed by atoms with E-state index in [0.717, 1.165) is 12.1 Å². The Morgan fingerprint density at radius 3 is 2.65 bits per heavy atom. The first kappa shape index (κ1) is 17.5. The number of carbonyl (C=O) groups is 1. The van der Waals surface area contributed by atoms with E-state index in [1.165, 1.54) is 12.1 Å². The van der Waals surface area contributed by atoms with Crippen LogP contribution in [0.15, 0.2) is 24.3 Å². The molecule has 1 aliphatic carbocycles. The van der Waals surface area contributed by atoms with Gasteiger partial charge in [0.1, 0.15) is 11.4 Å². The molecule has 0 radical (unpaired) electrons. The van der Waals surface area contributed by atoms with Crippen molar-refractivity contribution in [2.75, 3.05) is 0 Å². The number of benzene rings is 1. The van der Waals surface area contributed by atoms with Crippen LogP contribution in [-0.2, 0) is 4.79 Å². The third-order valence-corrected chi connectivity index (χ3v) is 3.67. The lowest BCUT2D eigenvalue weighted by Gasteiger charge is -2.18. The topological polar surface area (TPSA) is 58.6 Å². The summed E-state index contributed by atoms with van der Waals surface area (Å²) in [6.45, 7) is 1.57. The van der Waals surface area contributed by atoms with Gasteiger partial charge in [0, 0.05) is 0 Å². The zero-order valence-corrected chi connectivity index (χ0v) is 12.4. The molecule has 1 aliphatic rings. The van der Waals surface area contributed by atoms with E-state index in [2.05, 4.69) is 10.1 Å². The van der Waals surface area contributed by atoms with Crippen LogP contribution in [0.25, 0.3) is 0 Å². The van der Waals surface area contributed by atoms with Crippen LogP contribution in [0.1, 0.15) is 37.8 Å². The van der Waals surface area contributed by atoms with Gasteiger partial charge in [-0.05, 0) is 37.5 Å². The molecule has 2 atom stereocenters. The minimum Gasteiger partial charge on any atom is -0.406 e. The Kier molecular flexibility index (Phi) is 4.84. The lowest BCUT2D eigenvalue weighted by molar-refractivity contribution is -0.274. The molecule has 23 heavy (non-hydrogen) atoms. The maximum atomic E-state index is 13.6. The van der Waals surface area contributed by atoms with Gasteiger partial charge in [0.05, 0.1) is 18.6 Å². The van der Waals surface area contributed by atoms with Gasteiger partial charge in [0.15, 0.2) is 0 Å². The average Bonchev–Trinajstić information content (AvgIpc) is 3.16. The Morgan fingerprint density at radius 2 is 2.09 bits per heavy atom. The van der Waals surface area contributed by atoms with Crippen molar-refractivity contribution in [2.45, 2.75) is 50.4 Å². The summed E-state index contributed by atoms with van der Waals surface area (Å²) >= 11 is 0. The van der Waals surface area contributed by atoms with Crippen molar-refractivity contribution in [1.82, 2.24) is 5.32 Å². The molecular formula is C15H17F4NO3. The van der Waals surface area contributed by atoms with Crippen LogP contribution < -0.4 is 10.1 Å². The lowest BCUT2D eigenvalue weighted by atomic mass is 10.1. The highest BCUT2D eigenvalue weighted by atomic mass is 19.4. The van der Waals surface area contributed by atoms with Gasteiger partial charge < -0.3 is 15.2 Å². The fraction of sp³-hybridized carbons (Fsp3) is 0.533. The molecule has 1 amide bonds. The summed E-state index contributed by atoms with van der Waals surface area (Å²) in [5.41, 5.74) is -1.28. The number of hydrogen-bond acceptors (Lipinski definition) is 3. The van der Waals surface area contributed by atoms with Crippen LogP contribution >= 0.6 is 0 Å². The van der Waals surface area contributed by atoms with Gasteiger partial charge in [0.2, 0.25) is 5.91 Å². The van der Waals surface area contributed by atoms with Gasteiger partial charge in [-0.15, -0.1) is 13.2 Å². The molecule has 1 aromatic rings. The van der Waals surface area contributed by atoms with Crippen molar-refractivity contribution in [3.8, 4) is 5.75 Å². The van der Waals surface area contributed by atoms with E-state index in [-0.39, 0.29) is 19.3 Å². The molecule has 0 aromatic heterocycles. The van der Waals surface area contributed by atoms with E-state index in [1.54, 1.807) is 6.92 Å². The Bertz CT molecular complexity index is 572. The summed E-state index contributed by atoms with van der Waals surface area (Å²) in [5, 5.41) is 12.1. The molecule has 1 saturated carbocycles. The first-order valence-corrected chi connectivity index (χ1v) is 7.11. The zero-order valence-electron chi connectivity index (χ0n) is 12.4. The second-order valence-electron chi connectivity index (χ2n) is 5.66. The van der Waals surface area contributed by atoms with Crippen molar-refractivity contribution >= 4 is 5.91 Å². The molecule has 4 nitrogen and oxygen atoms in total. The molecule has 2 unspecified atom stereocenters. The second kappa shape index (κ2) is 6.35. The average molecular weight is 335 g/mol. The molecule has 2 rings (SSSR count). The largest absolute Gasteiger partial charge is 0.573 e. The van der Waals surface area contributed by atoms with E-state index in [1.807, 2.05) is 0 Å². The van der Waals surface area contributed by atoms with Crippen LogP contribution in [0.5, 0.6) is 5.75 Å². The van der Waals surface area contributed by atoms with Gasteiger partial charge in [-0.3, -0.25) is 4.79 Å². The molecule has 1 aromatic carbocycles. The third kappa shape index (κ3) is 5.09. The van der Waals surface area contributed by atoms with E-state index >= 15 is 0 Å². The molecule has 0 heterocycles. The minimum absolute atomic E-state index is 0.230. The van der Waals surface area contributed by atoms with Crippen molar-refractivity contribution in [3.05, 3.63) is 29.8 Å². The monoisotopic (exact) mass is 335 g/mol. The summed E-state index contributed by atoms with van der Waals surface area (Å²) in [7, 11) is 0. The first-order chi connectivity index (χ1) is 10.6. The highest BCUT2D eigenvalue weighted by Gasteiger charge is 2.50. The summed E-state index contributed by atoms with van der Waals surface area (Å²) in [6.07, 6.45) is -6.09. The molecule has 8 heteroatoms. The Balaban J connectivity index is 1.93. The summed E-state index contributed by atoms with van der Waals surface area (Å²) in [6, 6.07) is 4.60. The summed E-state index contributed by atoms with van der Waals surface area (Å²) in [5.74, 6) is -0.965. The number of rotatable bonds is 6. The molecule has 0 spiro atoms. The number of amides is 1. The number of aliphatic hydroxyl groups is 1. The number of carbonyl (C=O) groups excluding carboxylic acids is 1. The smallest absolute Gasteiger partial charge is 0.406 e. The minimum atomic E-state index is -4.80. The highest BCUT2D eigenvalue weighted by Crippen LogP contribution is 2.43. The quantitative estimate of drug-likeness (QED) is 0.786. The Hall–Kier alpha value is -1.83. The van der Waals surface area contributed by atoms with Crippen LogP contribution in [0.2, 0.25) is 0 Å². The van der Waals surface area contributed by atoms with Crippen LogP contribution in [0.4, 0.5) is 17.6 Å². The Morgan fingerprint density at radius 1 is 1.43 bits per heavy atom. The van der Waals surface area contributed by atoms with Crippen LogP contribution in [0.3, 0.4) is 0 Å². The molecular weight excluding hydrogens is 318 g/mol. The van der Waals surface area contributed by atoms with Crippen molar-refractivity contribution < 1.29 is 32.2 Å².